The molecule has 0 saturated carbocycles. The van der Waals surface area contributed by atoms with Crippen molar-refractivity contribution in [3.05, 3.63) is 59.4 Å². The molecule has 0 aliphatic carbocycles. The monoisotopic (exact) mass is 294 g/mol. The van der Waals surface area contributed by atoms with Crippen LogP contribution in [0.1, 0.15) is 18.2 Å². The maximum Gasteiger partial charge on any atom is 0.226 e. The summed E-state index contributed by atoms with van der Waals surface area (Å²) in [4.78, 5) is 14.6. The molecule has 1 aromatic carbocycles. The van der Waals surface area contributed by atoms with Crippen molar-refractivity contribution in [2.24, 2.45) is 0 Å². The van der Waals surface area contributed by atoms with Gasteiger partial charge in [0.1, 0.15) is 17.2 Å². The van der Waals surface area contributed by atoms with Gasteiger partial charge >= 0.3 is 0 Å². The van der Waals surface area contributed by atoms with Crippen molar-refractivity contribution < 1.29 is 18.7 Å². The number of benzene rings is 1. The lowest BCUT2D eigenvalue weighted by molar-refractivity contribution is -0.121. The average Bonchev–Trinajstić information content (AvgIpc) is 2.89. The SMILES string of the molecule is CC(O)(CNC(=O)Cc1ccc[nH]1)c1ccc(F)cc1F. The highest BCUT2D eigenvalue weighted by Crippen LogP contribution is 2.23. The molecule has 0 fully saturated rings. The number of halogens is 2. The molecule has 0 bridgehead atoms. The van der Waals surface area contributed by atoms with Gasteiger partial charge < -0.3 is 15.4 Å². The fourth-order valence-corrected chi connectivity index (χ4v) is 2.01. The normalized spacial score (nSPS) is 13.7. The number of hydrogen-bond acceptors (Lipinski definition) is 2. The average molecular weight is 294 g/mol. The number of hydrogen-bond donors (Lipinski definition) is 3. The van der Waals surface area contributed by atoms with Crippen LogP contribution in [0.15, 0.2) is 36.5 Å². The van der Waals surface area contributed by atoms with Gasteiger partial charge in [0.2, 0.25) is 5.91 Å². The molecule has 0 aliphatic heterocycles. The first-order valence-corrected chi connectivity index (χ1v) is 6.45. The van der Waals surface area contributed by atoms with E-state index in [1.54, 1.807) is 18.3 Å². The maximum atomic E-state index is 13.7. The standard InChI is InChI=1S/C15H16F2N2O2/c1-15(21,12-5-4-10(16)7-13(12)17)9-19-14(20)8-11-3-2-6-18-11/h2-7,18,21H,8-9H2,1H3,(H,19,20). The van der Waals surface area contributed by atoms with E-state index < -0.39 is 17.2 Å². The molecule has 0 radical (unpaired) electrons. The van der Waals surface area contributed by atoms with Gasteiger partial charge in [-0.15, -0.1) is 0 Å². The Kier molecular flexibility index (Phi) is 4.37. The van der Waals surface area contributed by atoms with Gasteiger partial charge in [0, 0.05) is 23.5 Å². The van der Waals surface area contributed by atoms with Crippen molar-refractivity contribution >= 4 is 5.91 Å². The number of aromatic amines is 1. The second kappa shape index (κ2) is 6.05. The van der Waals surface area contributed by atoms with E-state index in [0.29, 0.717) is 6.07 Å². The zero-order chi connectivity index (χ0) is 15.5. The van der Waals surface area contributed by atoms with Gasteiger partial charge in [0.15, 0.2) is 0 Å². The van der Waals surface area contributed by atoms with Crippen molar-refractivity contribution in [1.29, 1.82) is 0 Å². The van der Waals surface area contributed by atoms with E-state index in [4.69, 9.17) is 0 Å². The van der Waals surface area contributed by atoms with Crippen molar-refractivity contribution in [3.8, 4) is 0 Å². The molecule has 1 aromatic heterocycles. The summed E-state index contributed by atoms with van der Waals surface area (Å²) in [5, 5.41) is 12.8. The third-order valence-corrected chi connectivity index (χ3v) is 3.15. The number of carbonyl (C=O) groups is 1. The summed E-state index contributed by atoms with van der Waals surface area (Å²) < 4.78 is 26.5. The fraction of sp³-hybridized carbons (Fsp3) is 0.267. The Morgan fingerprint density at radius 3 is 2.76 bits per heavy atom. The largest absolute Gasteiger partial charge is 0.383 e. The van der Waals surface area contributed by atoms with Crippen LogP contribution < -0.4 is 5.32 Å². The zero-order valence-corrected chi connectivity index (χ0v) is 11.5. The molecule has 6 heteroatoms. The quantitative estimate of drug-likeness (QED) is 0.788. The molecule has 112 valence electrons. The van der Waals surface area contributed by atoms with E-state index in [9.17, 15) is 18.7 Å². The number of H-pyrrole nitrogens is 1. The zero-order valence-electron chi connectivity index (χ0n) is 11.5. The molecule has 21 heavy (non-hydrogen) atoms. The molecule has 2 rings (SSSR count). The molecule has 0 spiro atoms. The highest BCUT2D eigenvalue weighted by molar-refractivity contribution is 5.78. The van der Waals surface area contributed by atoms with E-state index in [1.165, 1.54) is 13.0 Å². The number of amides is 1. The number of nitrogens with one attached hydrogen (secondary N) is 2. The highest BCUT2D eigenvalue weighted by Gasteiger charge is 2.27. The minimum absolute atomic E-state index is 0.0657. The Balaban J connectivity index is 1.98. The van der Waals surface area contributed by atoms with Gasteiger partial charge in [-0.25, -0.2) is 8.78 Å². The summed E-state index contributed by atoms with van der Waals surface area (Å²) in [6, 6.07) is 6.46. The summed E-state index contributed by atoms with van der Waals surface area (Å²) in [6.45, 7) is 1.19. The summed E-state index contributed by atoms with van der Waals surface area (Å²) in [5.41, 5.74) is -0.951. The second-order valence-electron chi connectivity index (χ2n) is 5.05. The highest BCUT2D eigenvalue weighted by atomic mass is 19.1. The Morgan fingerprint density at radius 2 is 2.14 bits per heavy atom. The van der Waals surface area contributed by atoms with Gasteiger partial charge in [-0.2, -0.15) is 0 Å². The minimum atomic E-state index is -1.62. The maximum absolute atomic E-state index is 13.7. The van der Waals surface area contributed by atoms with Crippen LogP contribution in [0.4, 0.5) is 8.78 Å². The Bertz CT molecular complexity index is 625. The molecular weight excluding hydrogens is 278 g/mol. The Labute approximate surface area is 120 Å². The molecule has 4 nitrogen and oxygen atoms in total. The minimum Gasteiger partial charge on any atom is -0.383 e. The number of carbonyl (C=O) groups excluding carboxylic acids is 1. The van der Waals surface area contributed by atoms with Crippen molar-refractivity contribution in [2.45, 2.75) is 18.9 Å². The number of rotatable bonds is 5. The smallest absolute Gasteiger partial charge is 0.226 e. The lowest BCUT2D eigenvalue weighted by atomic mass is 9.95. The van der Waals surface area contributed by atoms with Gasteiger partial charge in [-0.1, -0.05) is 6.07 Å². The van der Waals surface area contributed by atoms with Crippen LogP contribution in [-0.4, -0.2) is 22.5 Å². The predicted molar refractivity (Wildman–Crippen MR) is 73.4 cm³/mol. The van der Waals surface area contributed by atoms with Crippen LogP contribution >= 0.6 is 0 Å². The first-order chi connectivity index (χ1) is 9.88. The molecule has 1 amide bonds. The fourth-order valence-electron chi connectivity index (χ4n) is 2.01. The molecule has 1 heterocycles. The topological polar surface area (TPSA) is 65.1 Å². The summed E-state index contributed by atoms with van der Waals surface area (Å²) in [7, 11) is 0. The van der Waals surface area contributed by atoms with Crippen LogP contribution in [0.25, 0.3) is 0 Å². The molecule has 0 aliphatic rings. The van der Waals surface area contributed by atoms with Crippen molar-refractivity contribution in [1.82, 2.24) is 10.3 Å². The Hall–Kier alpha value is -2.21. The third-order valence-electron chi connectivity index (χ3n) is 3.15. The second-order valence-corrected chi connectivity index (χ2v) is 5.05. The number of aromatic nitrogens is 1. The van der Waals surface area contributed by atoms with Crippen LogP contribution in [0.3, 0.4) is 0 Å². The van der Waals surface area contributed by atoms with Gasteiger partial charge in [0.05, 0.1) is 13.0 Å². The van der Waals surface area contributed by atoms with Crippen molar-refractivity contribution in [2.75, 3.05) is 6.54 Å². The molecular formula is C15H16F2N2O2. The Morgan fingerprint density at radius 1 is 1.38 bits per heavy atom. The molecule has 3 N–H and O–H groups in total. The first kappa shape index (κ1) is 15.2. The molecule has 1 atom stereocenters. The van der Waals surface area contributed by atoms with Crippen LogP contribution in [-0.2, 0) is 16.8 Å². The van der Waals surface area contributed by atoms with Gasteiger partial charge in [0.25, 0.3) is 0 Å². The van der Waals surface area contributed by atoms with E-state index in [0.717, 1.165) is 11.8 Å². The summed E-state index contributed by atoms with van der Waals surface area (Å²) >= 11 is 0. The van der Waals surface area contributed by atoms with Gasteiger partial charge in [-0.05, 0) is 25.1 Å². The van der Waals surface area contributed by atoms with Gasteiger partial charge in [-0.3, -0.25) is 4.79 Å². The van der Waals surface area contributed by atoms with E-state index in [2.05, 4.69) is 10.3 Å². The van der Waals surface area contributed by atoms with Crippen LogP contribution in [0.2, 0.25) is 0 Å². The lowest BCUT2D eigenvalue weighted by Crippen LogP contribution is -2.39. The van der Waals surface area contributed by atoms with E-state index in [-0.39, 0.29) is 24.4 Å². The molecule has 1 unspecified atom stereocenters. The lowest BCUT2D eigenvalue weighted by Gasteiger charge is -2.24. The summed E-state index contributed by atoms with van der Waals surface area (Å²) in [5.74, 6) is -1.87. The molecule has 0 saturated heterocycles. The third kappa shape index (κ3) is 3.88. The van der Waals surface area contributed by atoms with Crippen LogP contribution in [0, 0.1) is 11.6 Å². The number of aliphatic hydroxyl groups is 1. The summed E-state index contributed by atoms with van der Waals surface area (Å²) in [6.07, 6.45) is 1.83. The first-order valence-electron chi connectivity index (χ1n) is 6.45. The predicted octanol–water partition coefficient (Wildman–Crippen LogP) is 1.86. The van der Waals surface area contributed by atoms with E-state index >= 15 is 0 Å². The van der Waals surface area contributed by atoms with Crippen LogP contribution in [0.5, 0.6) is 0 Å². The molecule has 2 aromatic rings. The van der Waals surface area contributed by atoms with E-state index in [1.807, 2.05) is 0 Å². The van der Waals surface area contributed by atoms with Crippen molar-refractivity contribution in [3.63, 3.8) is 0 Å².